The van der Waals surface area contributed by atoms with E-state index in [1.807, 2.05) is 30.3 Å². The number of nitrogens with zero attached hydrogens (tertiary/aromatic N) is 2. The van der Waals surface area contributed by atoms with Gasteiger partial charge < -0.3 is 10.6 Å². The standard InChI is InChI=1S/C14H23N3O2S/c1-20(18,19)17-11-9-16(10-12-17)8-7-14(15)13-5-3-2-4-6-13/h2-6,14H,7-12,15H2,1H3. The van der Waals surface area contributed by atoms with Gasteiger partial charge >= 0.3 is 0 Å². The van der Waals surface area contributed by atoms with Crippen molar-refractivity contribution in [2.75, 3.05) is 39.0 Å². The van der Waals surface area contributed by atoms with Crippen LogP contribution in [-0.4, -0.2) is 56.6 Å². The molecule has 1 unspecified atom stereocenters. The van der Waals surface area contributed by atoms with E-state index in [4.69, 9.17) is 5.73 Å². The van der Waals surface area contributed by atoms with Crippen LogP contribution in [-0.2, 0) is 10.0 Å². The predicted octanol–water partition coefficient (Wildman–Crippen LogP) is 0.654. The molecular weight excluding hydrogens is 274 g/mol. The van der Waals surface area contributed by atoms with E-state index in [0.29, 0.717) is 13.1 Å². The fourth-order valence-corrected chi connectivity index (χ4v) is 3.30. The quantitative estimate of drug-likeness (QED) is 0.867. The van der Waals surface area contributed by atoms with Gasteiger partial charge in [0.1, 0.15) is 0 Å². The van der Waals surface area contributed by atoms with E-state index in [-0.39, 0.29) is 6.04 Å². The van der Waals surface area contributed by atoms with Crippen molar-refractivity contribution < 1.29 is 8.42 Å². The van der Waals surface area contributed by atoms with Gasteiger partial charge in [-0.3, -0.25) is 0 Å². The second-order valence-corrected chi connectivity index (χ2v) is 7.29. The monoisotopic (exact) mass is 297 g/mol. The van der Waals surface area contributed by atoms with Crippen molar-refractivity contribution in [3.8, 4) is 0 Å². The Hall–Kier alpha value is -0.950. The highest BCUT2D eigenvalue weighted by Crippen LogP contribution is 2.15. The average Bonchev–Trinajstić information content (AvgIpc) is 2.45. The van der Waals surface area contributed by atoms with Gasteiger partial charge in [0.25, 0.3) is 0 Å². The Morgan fingerprint density at radius 2 is 1.75 bits per heavy atom. The molecule has 0 amide bonds. The van der Waals surface area contributed by atoms with E-state index < -0.39 is 10.0 Å². The molecule has 0 saturated carbocycles. The first kappa shape index (κ1) is 15.4. The van der Waals surface area contributed by atoms with Gasteiger partial charge in [-0.2, -0.15) is 4.31 Å². The first-order valence-electron chi connectivity index (χ1n) is 6.95. The third kappa shape index (κ3) is 4.28. The molecule has 1 saturated heterocycles. The molecule has 20 heavy (non-hydrogen) atoms. The van der Waals surface area contributed by atoms with Gasteiger partial charge in [0.2, 0.25) is 10.0 Å². The summed E-state index contributed by atoms with van der Waals surface area (Å²) in [5.74, 6) is 0. The van der Waals surface area contributed by atoms with Gasteiger partial charge in [0.05, 0.1) is 6.26 Å². The molecule has 2 rings (SSSR count). The maximum Gasteiger partial charge on any atom is 0.211 e. The number of nitrogens with two attached hydrogens (primary N) is 1. The van der Waals surface area contributed by atoms with Crippen molar-refractivity contribution in [3.63, 3.8) is 0 Å². The number of piperazine rings is 1. The Balaban J connectivity index is 1.77. The largest absolute Gasteiger partial charge is 0.324 e. The lowest BCUT2D eigenvalue weighted by atomic mass is 10.0. The SMILES string of the molecule is CS(=O)(=O)N1CCN(CCC(N)c2ccccc2)CC1. The lowest BCUT2D eigenvalue weighted by molar-refractivity contribution is 0.184. The zero-order chi connectivity index (χ0) is 14.6. The molecule has 1 aliphatic heterocycles. The van der Waals surface area contributed by atoms with Gasteiger partial charge in [-0.1, -0.05) is 30.3 Å². The second kappa shape index (κ2) is 6.67. The molecular formula is C14H23N3O2S. The van der Waals surface area contributed by atoms with E-state index in [1.165, 1.54) is 6.26 Å². The predicted molar refractivity (Wildman–Crippen MR) is 80.8 cm³/mol. The van der Waals surface area contributed by atoms with Crippen LogP contribution in [0.3, 0.4) is 0 Å². The average molecular weight is 297 g/mol. The molecule has 1 aromatic rings. The van der Waals surface area contributed by atoms with Crippen LogP contribution in [0, 0.1) is 0 Å². The molecule has 1 atom stereocenters. The van der Waals surface area contributed by atoms with Crippen molar-refractivity contribution in [1.82, 2.24) is 9.21 Å². The highest BCUT2D eigenvalue weighted by Gasteiger charge is 2.23. The van der Waals surface area contributed by atoms with Gasteiger partial charge in [0.15, 0.2) is 0 Å². The minimum atomic E-state index is -3.04. The molecule has 6 heteroatoms. The molecule has 2 N–H and O–H groups in total. The third-order valence-corrected chi connectivity index (χ3v) is 5.09. The molecule has 1 aromatic carbocycles. The number of sulfonamides is 1. The van der Waals surface area contributed by atoms with Crippen LogP contribution < -0.4 is 5.73 Å². The lowest BCUT2D eigenvalue weighted by Crippen LogP contribution is -2.48. The Bertz CT molecular complexity index is 510. The van der Waals surface area contributed by atoms with Crippen molar-refractivity contribution in [3.05, 3.63) is 35.9 Å². The number of rotatable bonds is 5. The number of hydrogen-bond acceptors (Lipinski definition) is 4. The normalized spacial score (nSPS) is 19.9. The van der Waals surface area contributed by atoms with E-state index in [2.05, 4.69) is 4.90 Å². The zero-order valence-corrected chi connectivity index (χ0v) is 12.7. The summed E-state index contributed by atoms with van der Waals surface area (Å²) in [6, 6.07) is 10.1. The summed E-state index contributed by atoms with van der Waals surface area (Å²) in [6.45, 7) is 3.65. The fourth-order valence-electron chi connectivity index (χ4n) is 2.47. The Kier molecular flexibility index (Phi) is 5.15. The van der Waals surface area contributed by atoms with E-state index in [1.54, 1.807) is 4.31 Å². The third-order valence-electron chi connectivity index (χ3n) is 3.78. The van der Waals surface area contributed by atoms with Crippen LogP contribution in [0.5, 0.6) is 0 Å². The maximum absolute atomic E-state index is 11.4. The molecule has 112 valence electrons. The fraction of sp³-hybridized carbons (Fsp3) is 0.571. The summed E-state index contributed by atoms with van der Waals surface area (Å²) < 4.78 is 24.4. The molecule has 0 spiro atoms. The van der Waals surface area contributed by atoms with Crippen LogP contribution in [0.1, 0.15) is 18.0 Å². The van der Waals surface area contributed by atoms with Crippen molar-refractivity contribution in [2.24, 2.45) is 5.73 Å². The highest BCUT2D eigenvalue weighted by molar-refractivity contribution is 7.88. The van der Waals surface area contributed by atoms with Crippen molar-refractivity contribution in [1.29, 1.82) is 0 Å². The molecule has 1 aliphatic rings. The lowest BCUT2D eigenvalue weighted by Gasteiger charge is -2.33. The van der Waals surface area contributed by atoms with E-state index in [0.717, 1.165) is 31.6 Å². The molecule has 5 nitrogen and oxygen atoms in total. The van der Waals surface area contributed by atoms with E-state index >= 15 is 0 Å². The van der Waals surface area contributed by atoms with E-state index in [9.17, 15) is 8.42 Å². The van der Waals surface area contributed by atoms with Crippen LogP contribution >= 0.6 is 0 Å². The molecule has 1 fully saturated rings. The minimum Gasteiger partial charge on any atom is -0.324 e. The minimum absolute atomic E-state index is 0.0455. The summed E-state index contributed by atoms with van der Waals surface area (Å²) in [7, 11) is -3.04. The van der Waals surface area contributed by atoms with Gasteiger partial charge in [-0.25, -0.2) is 8.42 Å². The van der Waals surface area contributed by atoms with Gasteiger partial charge in [-0.15, -0.1) is 0 Å². The molecule has 0 bridgehead atoms. The summed E-state index contributed by atoms with van der Waals surface area (Å²) in [6.07, 6.45) is 2.16. The molecule has 0 aromatic heterocycles. The van der Waals surface area contributed by atoms with Crippen LogP contribution in [0.25, 0.3) is 0 Å². The van der Waals surface area contributed by atoms with Crippen molar-refractivity contribution in [2.45, 2.75) is 12.5 Å². The molecule has 0 aliphatic carbocycles. The molecule has 0 radical (unpaired) electrons. The summed E-state index contributed by atoms with van der Waals surface area (Å²) in [5, 5.41) is 0. The maximum atomic E-state index is 11.4. The summed E-state index contributed by atoms with van der Waals surface area (Å²) in [5.41, 5.74) is 7.33. The first-order valence-corrected chi connectivity index (χ1v) is 8.79. The molecule has 1 heterocycles. The Morgan fingerprint density at radius 1 is 1.15 bits per heavy atom. The Morgan fingerprint density at radius 3 is 2.30 bits per heavy atom. The van der Waals surface area contributed by atoms with Crippen LogP contribution in [0.15, 0.2) is 30.3 Å². The van der Waals surface area contributed by atoms with Gasteiger partial charge in [-0.05, 0) is 12.0 Å². The van der Waals surface area contributed by atoms with Crippen molar-refractivity contribution >= 4 is 10.0 Å². The van der Waals surface area contributed by atoms with Crippen LogP contribution in [0.4, 0.5) is 0 Å². The zero-order valence-electron chi connectivity index (χ0n) is 11.9. The smallest absolute Gasteiger partial charge is 0.211 e. The second-order valence-electron chi connectivity index (χ2n) is 5.31. The number of benzene rings is 1. The highest BCUT2D eigenvalue weighted by atomic mass is 32.2. The van der Waals surface area contributed by atoms with Crippen LogP contribution in [0.2, 0.25) is 0 Å². The summed E-state index contributed by atoms with van der Waals surface area (Å²) in [4.78, 5) is 2.28. The number of hydrogen-bond donors (Lipinski definition) is 1. The summed E-state index contributed by atoms with van der Waals surface area (Å²) >= 11 is 0. The topological polar surface area (TPSA) is 66.6 Å². The first-order chi connectivity index (χ1) is 9.47. The Labute approximate surface area is 121 Å². The van der Waals surface area contributed by atoms with Gasteiger partial charge in [0, 0.05) is 38.8 Å².